The Morgan fingerprint density at radius 1 is 1.23 bits per heavy atom. The highest BCUT2D eigenvalue weighted by molar-refractivity contribution is 4.96. The fourth-order valence-corrected chi connectivity index (χ4v) is 3.96. The minimum Gasteiger partial charge on any atom is -0.316 e. The zero-order valence-electron chi connectivity index (χ0n) is 8.68. The number of hydrogen-bond donors (Lipinski definition) is 1. The number of rotatable bonds is 2. The van der Waals surface area contributed by atoms with Crippen molar-refractivity contribution in [1.82, 2.24) is 5.32 Å². The molecule has 1 N–H and O–H groups in total. The summed E-state index contributed by atoms with van der Waals surface area (Å²) in [7, 11) is 0. The normalized spacial score (nSPS) is 46.4. The van der Waals surface area contributed by atoms with Crippen LogP contribution >= 0.6 is 0 Å². The maximum atomic E-state index is 3.42. The maximum Gasteiger partial charge on any atom is 0.00177 e. The van der Waals surface area contributed by atoms with E-state index in [-0.39, 0.29) is 0 Å². The SMILES string of the molecule is CC1(CC2CC3CCC2C3)CNC1. The fraction of sp³-hybridized carbons (Fsp3) is 1.00. The molecule has 3 aliphatic rings. The molecule has 3 fully saturated rings. The first kappa shape index (κ1) is 8.28. The van der Waals surface area contributed by atoms with E-state index in [0.717, 1.165) is 17.8 Å². The monoisotopic (exact) mass is 179 g/mol. The van der Waals surface area contributed by atoms with Crippen LogP contribution in [0.1, 0.15) is 39.0 Å². The van der Waals surface area contributed by atoms with Crippen LogP contribution in [0.4, 0.5) is 0 Å². The van der Waals surface area contributed by atoms with E-state index in [2.05, 4.69) is 12.2 Å². The lowest BCUT2D eigenvalue weighted by Crippen LogP contribution is -2.52. The van der Waals surface area contributed by atoms with Crippen molar-refractivity contribution in [2.24, 2.45) is 23.2 Å². The quantitative estimate of drug-likeness (QED) is 0.686. The summed E-state index contributed by atoms with van der Waals surface area (Å²) in [5.74, 6) is 3.36. The van der Waals surface area contributed by atoms with Crippen LogP contribution in [0.2, 0.25) is 0 Å². The lowest BCUT2D eigenvalue weighted by molar-refractivity contribution is 0.123. The highest BCUT2D eigenvalue weighted by atomic mass is 15.0. The van der Waals surface area contributed by atoms with E-state index in [0.29, 0.717) is 5.41 Å². The molecule has 0 radical (unpaired) electrons. The summed E-state index contributed by atoms with van der Waals surface area (Å²) in [4.78, 5) is 0. The fourth-order valence-electron chi connectivity index (χ4n) is 3.96. The van der Waals surface area contributed by atoms with Crippen molar-refractivity contribution in [3.63, 3.8) is 0 Å². The van der Waals surface area contributed by atoms with Crippen LogP contribution in [-0.2, 0) is 0 Å². The van der Waals surface area contributed by atoms with Gasteiger partial charge < -0.3 is 5.32 Å². The molecule has 74 valence electrons. The van der Waals surface area contributed by atoms with Crippen LogP contribution in [0.5, 0.6) is 0 Å². The minimum absolute atomic E-state index is 0.676. The Kier molecular flexibility index (Phi) is 1.74. The molecule has 3 atom stereocenters. The van der Waals surface area contributed by atoms with E-state index < -0.39 is 0 Å². The maximum absolute atomic E-state index is 3.42. The minimum atomic E-state index is 0.676. The molecular weight excluding hydrogens is 158 g/mol. The Labute approximate surface area is 81.3 Å². The van der Waals surface area contributed by atoms with Gasteiger partial charge in [0, 0.05) is 13.1 Å². The van der Waals surface area contributed by atoms with Crippen molar-refractivity contribution in [2.45, 2.75) is 39.0 Å². The molecule has 2 bridgehead atoms. The second kappa shape index (κ2) is 2.73. The van der Waals surface area contributed by atoms with Crippen LogP contribution in [-0.4, -0.2) is 13.1 Å². The average molecular weight is 179 g/mol. The summed E-state index contributed by atoms with van der Waals surface area (Å²) in [6.45, 7) is 5.03. The number of hydrogen-bond acceptors (Lipinski definition) is 1. The van der Waals surface area contributed by atoms with E-state index in [1.807, 2.05) is 0 Å². The molecule has 1 heterocycles. The zero-order chi connectivity index (χ0) is 8.89. The van der Waals surface area contributed by atoms with Crippen molar-refractivity contribution in [2.75, 3.05) is 13.1 Å². The van der Waals surface area contributed by atoms with E-state index in [1.165, 1.54) is 19.5 Å². The number of nitrogens with one attached hydrogen (secondary N) is 1. The second-order valence-electron chi connectivity index (χ2n) is 6.05. The lowest BCUT2D eigenvalue weighted by Gasteiger charge is -2.42. The molecular formula is C12H21N. The molecule has 0 spiro atoms. The van der Waals surface area contributed by atoms with Crippen LogP contribution < -0.4 is 5.32 Å². The summed E-state index contributed by atoms with van der Waals surface area (Å²) in [5, 5.41) is 3.42. The van der Waals surface area contributed by atoms with Gasteiger partial charge in [0.1, 0.15) is 0 Å². The molecule has 2 aliphatic carbocycles. The van der Waals surface area contributed by atoms with Gasteiger partial charge in [0.15, 0.2) is 0 Å². The van der Waals surface area contributed by atoms with Crippen molar-refractivity contribution < 1.29 is 0 Å². The smallest absolute Gasteiger partial charge is 0.00177 e. The van der Waals surface area contributed by atoms with Crippen LogP contribution in [0.3, 0.4) is 0 Å². The Morgan fingerprint density at radius 2 is 2.08 bits per heavy atom. The van der Waals surface area contributed by atoms with Crippen molar-refractivity contribution in [1.29, 1.82) is 0 Å². The Hall–Kier alpha value is -0.0400. The molecule has 13 heavy (non-hydrogen) atoms. The molecule has 0 aromatic rings. The summed E-state index contributed by atoms with van der Waals surface area (Å²) in [6.07, 6.45) is 7.77. The molecule has 0 aromatic carbocycles. The average Bonchev–Trinajstić information content (AvgIpc) is 2.62. The Bertz CT molecular complexity index is 207. The van der Waals surface area contributed by atoms with Crippen molar-refractivity contribution in [3.05, 3.63) is 0 Å². The van der Waals surface area contributed by atoms with Gasteiger partial charge in [-0.1, -0.05) is 13.3 Å². The highest BCUT2D eigenvalue weighted by Crippen LogP contribution is 2.52. The molecule has 3 rings (SSSR count). The second-order valence-corrected chi connectivity index (χ2v) is 6.05. The summed E-state index contributed by atoms with van der Waals surface area (Å²) in [6, 6.07) is 0. The van der Waals surface area contributed by atoms with Gasteiger partial charge in [0.25, 0.3) is 0 Å². The molecule has 1 nitrogen and oxygen atoms in total. The largest absolute Gasteiger partial charge is 0.316 e. The van der Waals surface area contributed by atoms with Crippen molar-refractivity contribution >= 4 is 0 Å². The zero-order valence-corrected chi connectivity index (χ0v) is 8.68. The summed E-state index contributed by atoms with van der Waals surface area (Å²) < 4.78 is 0. The van der Waals surface area contributed by atoms with Gasteiger partial charge >= 0.3 is 0 Å². The first-order valence-corrected chi connectivity index (χ1v) is 5.96. The van der Waals surface area contributed by atoms with Crippen molar-refractivity contribution in [3.8, 4) is 0 Å². The molecule has 0 aromatic heterocycles. The molecule has 1 saturated heterocycles. The van der Waals surface area contributed by atoms with Crippen LogP contribution in [0, 0.1) is 23.2 Å². The van der Waals surface area contributed by atoms with Gasteiger partial charge in [0.05, 0.1) is 0 Å². The molecule has 2 saturated carbocycles. The summed E-state index contributed by atoms with van der Waals surface area (Å²) >= 11 is 0. The third-order valence-electron chi connectivity index (χ3n) is 4.74. The third kappa shape index (κ3) is 1.32. The first-order valence-electron chi connectivity index (χ1n) is 5.96. The van der Waals surface area contributed by atoms with E-state index in [9.17, 15) is 0 Å². The van der Waals surface area contributed by atoms with E-state index in [4.69, 9.17) is 0 Å². The van der Waals surface area contributed by atoms with Gasteiger partial charge in [-0.2, -0.15) is 0 Å². The third-order valence-corrected chi connectivity index (χ3v) is 4.74. The van der Waals surface area contributed by atoms with E-state index in [1.54, 1.807) is 25.7 Å². The van der Waals surface area contributed by atoms with Crippen LogP contribution in [0.25, 0.3) is 0 Å². The van der Waals surface area contributed by atoms with Gasteiger partial charge in [0.2, 0.25) is 0 Å². The molecule has 1 heteroatoms. The van der Waals surface area contributed by atoms with Crippen LogP contribution in [0.15, 0.2) is 0 Å². The standard InChI is InChI=1S/C12H21N/c1-12(7-13-8-12)6-11-5-9-2-3-10(11)4-9/h9-11,13H,2-8H2,1H3. The van der Waals surface area contributed by atoms with Gasteiger partial charge in [-0.15, -0.1) is 0 Å². The lowest BCUT2D eigenvalue weighted by atomic mass is 9.72. The van der Waals surface area contributed by atoms with Gasteiger partial charge in [-0.05, 0) is 48.9 Å². The van der Waals surface area contributed by atoms with Gasteiger partial charge in [-0.3, -0.25) is 0 Å². The first-order chi connectivity index (χ1) is 6.25. The predicted octanol–water partition coefficient (Wildman–Crippen LogP) is 2.42. The topological polar surface area (TPSA) is 12.0 Å². The Balaban J connectivity index is 1.61. The predicted molar refractivity (Wildman–Crippen MR) is 54.5 cm³/mol. The molecule has 0 amide bonds. The van der Waals surface area contributed by atoms with Gasteiger partial charge in [-0.25, -0.2) is 0 Å². The Morgan fingerprint density at radius 3 is 2.54 bits per heavy atom. The summed E-state index contributed by atoms with van der Waals surface area (Å²) in [5.41, 5.74) is 0.676. The molecule has 3 unspecified atom stereocenters. The van der Waals surface area contributed by atoms with E-state index >= 15 is 0 Å². The highest BCUT2D eigenvalue weighted by Gasteiger charge is 2.43. The molecule has 1 aliphatic heterocycles. The number of fused-ring (bicyclic) bond motifs is 2.